The molecule has 2 aliphatic rings. The van der Waals surface area contributed by atoms with Crippen molar-refractivity contribution in [1.82, 2.24) is 4.90 Å². The van der Waals surface area contributed by atoms with E-state index >= 15 is 0 Å². The average Bonchev–Trinajstić information content (AvgIpc) is 2.67. The molecule has 2 fully saturated rings. The Bertz CT molecular complexity index is 832. The molecule has 27 heavy (non-hydrogen) atoms. The van der Waals surface area contributed by atoms with Gasteiger partial charge in [0.1, 0.15) is 0 Å². The maximum absolute atomic E-state index is 13.1. The number of nitrogens with two attached hydrogens (primary N) is 1. The zero-order chi connectivity index (χ0) is 18.8. The van der Waals surface area contributed by atoms with E-state index in [2.05, 4.69) is 4.90 Å². The molecule has 2 N–H and O–H groups in total. The number of nitrogens with zero attached hydrogens (tertiary/aromatic N) is 1. The lowest BCUT2D eigenvalue weighted by atomic mass is 9.78. The lowest BCUT2D eigenvalue weighted by Gasteiger charge is -2.41. The Labute approximate surface area is 160 Å². The van der Waals surface area contributed by atoms with E-state index in [0.717, 1.165) is 35.3 Å². The molecule has 0 radical (unpaired) electrons. The van der Waals surface area contributed by atoms with Gasteiger partial charge in [-0.3, -0.25) is 9.59 Å². The van der Waals surface area contributed by atoms with Crippen LogP contribution >= 0.6 is 0 Å². The van der Waals surface area contributed by atoms with Gasteiger partial charge in [0.15, 0.2) is 0 Å². The van der Waals surface area contributed by atoms with Crippen molar-refractivity contribution in [3.05, 3.63) is 59.7 Å². The van der Waals surface area contributed by atoms with Gasteiger partial charge in [0, 0.05) is 18.7 Å². The SMILES string of the molecule is NC(=O)Cc1ccc(-c2cccc(C(=O)N3CC4CCCC(C4)C3)c2)cc1. The van der Waals surface area contributed by atoms with E-state index in [9.17, 15) is 9.59 Å². The molecule has 1 saturated carbocycles. The first-order chi connectivity index (χ1) is 13.1. The van der Waals surface area contributed by atoms with E-state index in [0.29, 0.717) is 11.8 Å². The van der Waals surface area contributed by atoms with Crippen molar-refractivity contribution in [2.75, 3.05) is 13.1 Å². The van der Waals surface area contributed by atoms with Crippen molar-refractivity contribution in [2.24, 2.45) is 17.6 Å². The van der Waals surface area contributed by atoms with Crippen LogP contribution in [0.1, 0.15) is 41.6 Å². The largest absolute Gasteiger partial charge is 0.369 e. The molecule has 140 valence electrons. The van der Waals surface area contributed by atoms with Crippen molar-refractivity contribution < 1.29 is 9.59 Å². The lowest BCUT2D eigenvalue weighted by Crippen LogP contribution is -2.45. The molecule has 2 aromatic carbocycles. The van der Waals surface area contributed by atoms with Gasteiger partial charge in [0.25, 0.3) is 5.91 Å². The van der Waals surface area contributed by atoms with E-state index in [1.54, 1.807) is 0 Å². The van der Waals surface area contributed by atoms with Crippen LogP contribution in [0.15, 0.2) is 48.5 Å². The van der Waals surface area contributed by atoms with Crippen LogP contribution in [0.25, 0.3) is 11.1 Å². The van der Waals surface area contributed by atoms with Crippen LogP contribution in [0.3, 0.4) is 0 Å². The molecule has 4 nitrogen and oxygen atoms in total. The van der Waals surface area contributed by atoms with Gasteiger partial charge in [-0.2, -0.15) is 0 Å². The maximum atomic E-state index is 13.1. The Morgan fingerprint density at radius 3 is 2.33 bits per heavy atom. The number of likely N-dealkylation sites (tertiary alicyclic amines) is 1. The molecule has 1 aliphatic heterocycles. The summed E-state index contributed by atoms with van der Waals surface area (Å²) >= 11 is 0. The van der Waals surface area contributed by atoms with Gasteiger partial charge in [-0.05, 0) is 59.9 Å². The minimum absolute atomic E-state index is 0.152. The van der Waals surface area contributed by atoms with E-state index in [-0.39, 0.29) is 18.2 Å². The minimum atomic E-state index is -0.332. The van der Waals surface area contributed by atoms with Gasteiger partial charge < -0.3 is 10.6 Å². The third-order valence-corrected chi connectivity index (χ3v) is 5.91. The lowest BCUT2D eigenvalue weighted by molar-refractivity contribution is -0.117. The molecule has 4 heteroatoms. The highest BCUT2D eigenvalue weighted by Gasteiger charge is 2.32. The van der Waals surface area contributed by atoms with Crippen LogP contribution in [0.5, 0.6) is 0 Å². The topological polar surface area (TPSA) is 63.4 Å². The van der Waals surface area contributed by atoms with Crippen LogP contribution in [-0.2, 0) is 11.2 Å². The number of hydrogen-bond donors (Lipinski definition) is 1. The van der Waals surface area contributed by atoms with Gasteiger partial charge in [-0.15, -0.1) is 0 Å². The molecule has 2 amide bonds. The number of rotatable bonds is 4. The predicted molar refractivity (Wildman–Crippen MR) is 106 cm³/mol. The van der Waals surface area contributed by atoms with Crippen LogP contribution in [0.4, 0.5) is 0 Å². The number of amides is 2. The highest BCUT2D eigenvalue weighted by molar-refractivity contribution is 5.95. The Morgan fingerprint density at radius 1 is 0.963 bits per heavy atom. The number of fused-ring (bicyclic) bond motifs is 2. The molecule has 0 spiro atoms. The molecular weight excluding hydrogens is 336 g/mol. The maximum Gasteiger partial charge on any atom is 0.253 e. The standard InChI is InChI=1S/C23H26N2O2/c24-22(26)12-16-7-9-19(10-8-16)20-5-2-6-21(13-20)23(27)25-14-17-3-1-4-18(11-17)15-25/h2,5-10,13,17-18H,1,3-4,11-12,14-15H2,(H2,24,26). The fourth-order valence-electron chi connectivity index (χ4n) is 4.63. The quantitative estimate of drug-likeness (QED) is 0.902. The Balaban J connectivity index is 1.52. The summed E-state index contributed by atoms with van der Waals surface area (Å²) in [6.07, 6.45) is 5.38. The molecule has 1 saturated heterocycles. The van der Waals surface area contributed by atoms with Crippen molar-refractivity contribution in [3.8, 4) is 11.1 Å². The van der Waals surface area contributed by atoms with Gasteiger partial charge in [0.2, 0.25) is 5.91 Å². The third kappa shape index (κ3) is 4.05. The molecule has 2 aromatic rings. The van der Waals surface area contributed by atoms with Gasteiger partial charge in [-0.25, -0.2) is 0 Å². The van der Waals surface area contributed by atoms with Crippen molar-refractivity contribution in [1.29, 1.82) is 0 Å². The van der Waals surface area contributed by atoms with Gasteiger partial charge >= 0.3 is 0 Å². The smallest absolute Gasteiger partial charge is 0.253 e. The summed E-state index contributed by atoms with van der Waals surface area (Å²) in [4.78, 5) is 26.2. The Morgan fingerprint density at radius 2 is 1.67 bits per heavy atom. The number of piperidine rings is 1. The van der Waals surface area contributed by atoms with Gasteiger partial charge in [0.05, 0.1) is 6.42 Å². The fraction of sp³-hybridized carbons (Fsp3) is 0.391. The second-order valence-corrected chi connectivity index (χ2v) is 8.03. The molecule has 1 aliphatic carbocycles. The normalized spacial score (nSPS) is 21.7. The third-order valence-electron chi connectivity index (χ3n) is 5.91. The zero-order valence-electron chi connectivity index (χ0n) is 15.6. The average molecular weight is 362 g/mol. The number of primary amides is 1. The van der Waals surface area contributed by atoms with E-state index in [1.165, 1.54) is 25.7 Å². The molecule has 0 aromatic heterocycles. The number of benzene rings is 2. The summed E-state index contributed by atoms with van der Waals surface area (Å²) in [5.41, 5.74) is 8.96. The number of hydrogen-bond acceptors (Lipinski definition) is 2. The highest BCUT2D eigenvalue weighted by atomic mass is 16.2. The minimum Gasteiger partial charge on any atom is -0.369 e. The number of carbonyl (C=O) groups is 2. The summed E-state index contributed by atoms with van der Waals surface area (Å²) in [7, 11) is 0. The molecule has 2 atom stereocenters. The zero-order valence-corrected chi connectivity index (χ0v) is 15.6. The van der Waals surface area contributed by atoms with Crippen LogP contribution < -0.4 is 5.73 Å². The summed E-state index contributed by atoms with van der Waals surface area (Å²) in [5, 5.41) is 0. The first-order valence-electron chi connectivity index (χ1n) is 9.85. The molecule has 4 rings (SSSR count). The molecule has 2 bridgehead atoms. The monoisotopic (exact) mass is 362 g/mol. The summed E-state index contributed by atoms with van der Waals surface area (Å²) in [6, 6.07) is 15.7. The van der Waals surface area contributed by atoms with Crippen molar-refractivity contribution >= 4 is 11.8 Å². The van der Waals surface area contributed by atoms with Gasteiger partial charge in [-0.1, -0.05) is 42.8 Å². The summed E-state index contributed by atoms with van der Waals surface area (Å²) < 4.78 is 0. The second kappa shape index (κ2) is 7.55. The first-order valence-corrected chi connectivity index (χ1v) is 9.85. The van der Waals surface area contributed by atoms with E-state index in [1.807, 2.05) is 48.5 Å². The molecule has 1 heterocycles. The molecule has 2 unspecified atom stereocenters. The van der Waals surface area contributed by atoms with Crippen LogP contribution in [0, 0.1) is 11.8 Å². The molecular formula is C23H26N2O2. The summed E-state index contributed by atoms with van der Waals surface area (Å²) in [5.74, 6) is 1.19. The van der Waals surface area contributed by atoms with E-state index in [4.69, 9.17) is 5.73 Å². The Kier molecular flexibility index (Phi) is 4.97. The van der Waals surface area contributed by atoms with Crippen molar-refractivity contribution in [2.45, 2.75) is 32.1 Å². The fourth-order valence-corrected chi connectivity index (χ4v) is 4.63. The van der Waals surface area contributed by atoms with Crippen molar-refractivity contribution in [3.63, 3.8) is 0 Å². The van der Waals surface area contributed by atoms with E-state index < -0.39 is 0 Å². The summed E-state index contributed by atoms with van der Waals surface area (Å²) in [6.45, 7) is 1.81. The van der Waals surface area contributed by atoms with Crippen LogP contribution in [-0.4, -0.2) is 29.8 Å². The number of carbonyl (C=O) groups excluding carboxylic acids is 2. The first kappa shape index (κ1) is 17.8. The van der Waals surface area contributed by atoms with Crippen LogP contribution in [0.2, 0.25) is 0 Å². The highest BCUT2D eigenvalue weighted by Crippen LogP contribution is 2.35. The Hall–Kier alpha value is -2.62. The predicted octanol–water partition coefficient (Wildman–Crippen LogP) is 3.64. The second-order valence-electron chi connectivity index (χ2n) is 8.03.